The van der Waals surface area contributed by atoms with Crippen LogP contribution in [0.3, 0.4) is 0 Å². The van der Waals surface area contributed by atoms with Crippen LogP contribution in [-0.2, 0) is 6.42 Å². The normalized spacial score (nSPS) is 18.5. The maximum atomic E-state index is 6.62. The molecule has 2 aliphatic rings. The van der Waals surface area contributed by atoms with Gasteiger partial charge in [0, 0.05) is 45.5 Å². The second kappa shape index (κ2) is 10.2. The van der Waals surface area contributed by atoms with Crippen molar-refractivity contribution in [1.29, 1.82) is 0 Å². The second-order valence-corrected chi connectivity index (χ2v) is 11.4. The number of rotatable bonds is 3. The van der Waals surface area contributed by atoms with Crippen LogP contribution in [0.5, 0.6) is 0 Å². The third-order valence-corrected chi connectivity index (χ3v) is 8.83. The number of furan rings is 1. The monoisotopic (exact) mass is 547 g/mol. The van der Waals surface area contributed by atoms with Gasteiger partial charge >= 0.3 is 0 Å². The average Bonchev–Trinajstić information content (AvgIpc) is 3.36. The van der Waals surface area contributed by atoms with Crippen molar-refractivity contribution in [3.8, 4) is 11.3 Å². The molecule has 0 aliphatic carbocycles. The van der Waals surface area contributed by atoms with Crippen LogP contribution in [-0.4, -0.2) is 22.4 Å². The van der Waals surface area contributed by atoms with Crippen molar-refractivity contribution in [2.45, 2.75) is 45.1 Å². The van der Waals surface area contributed by atoms with Gasteiger partial charge in [-0.05, 0) is 73.2 Å². The average molecular weight is 548 g/mol. The molecular weight excluding hydrogens is 514 g/mol. The van der Waals surface area contributed by atoms with E-state index in [1.54, 1.807) is 0 Å². The number of hydrogen-bond acceptors (Lipinski definition) is 4. The highest BCUT2D eigenvalue weighted by Crippen LogP contribution is 2.40. The lowest BCUT2D eigenvalue weighted by molar-refractivity contribution is 0.490. The summed E-state index contributed by atoms with van der Waals surface area (Å²) in [6, 6.07) is 23.6. The van der Waals surface area contributed by atoms with Crippen molar-refractivity contribution in [2.24, 2.45) is 9.98 Å². The lowest BCUT2D eigenvalue weighted by Crippen LogP contribution is -2.27. The van der Waals surface area contributed by atoms with Gasteiger partial charge in [0.25, 0.3) is 0 Å². The Labute approximate surface area is 246 Å². The van der Waals surface area contributed by atoms with Gasteiger partial charge in [0.15, 0.2) is 0 Å². The summed E-state index contributed by atoms with van der Waals surface area (Å²) in [4.78, 5) is 15.2. The van der Waals surface area contributed by atoms with Crippen molar-refractivity contribution >= 4 is 33.5 Å². The highest BCUT2D eigenvalue weighted by atomic mass is 16.3. The predicted octanol–water partition coefficient (Wildman–Crippen LogP) is 9.23. The molecule has 0 N–H and O–H groups in total. The molecule has 42 heavy (non-hydrogen) atoms. The van der Waals surface area contributed by atoms with E-state index >= 15 is 0 Å². The van der Waals surface area contributed by atoms with Crippen molar-refractivity contribution in [3.63, 3.8) is 0 Å². The predicted molar refractivity (Wildman–Crippen MR) is 175 cm³/mol. The van der Waals surface area contributed by atoms with E-state index in [0.29, 0.717) is 12.1 Å². The first-order valence-electron chi connectivity index (χ1n) is 14.6. The molecule has 0 bridgehead atoms. The molecule has 5 aromatic rings. The molecule has 3 aromatic carbocycles. The zero-order valence-electron chi connectivity index (χ0n) is 24.2. The second-order valence-electron chi connectivity index (χ2n) is 11.4. The molecule has 7 rings (SSSR count). The van der Waals surface area contributed by atoms with Crippen molar-refractivity contribution in [3.05, 3.63) is 138 Å². The molecule has 0 fully saturated rings. The zero-order valence-corrected chi connectivity index (χ0v) is 24.2. The maximum absolute atomic E-state index is 6.62. The van der Waals surface area contributed by atoms with Crippen LogP contribution in [0.1, 0.15) is 52.1 Å². The SMILES string of the molecule is C=CC1=NC2CC(=C)N=C(C=C)c3c(ccc4c3oc3nc(-c5c(C)cccc5C)ccc34)CCC2c2ccccc21. The third kappa shape index (κ3) is 4.18. The van der Waals surface area contributed by atoms with Crippen molar-refractivity contribution in [2.75, 3.05) is 0 Å². The van der Waals surface area contributed by atoms with E-state index in [4.69, 9.17) is 19.4 Å². The van der Waals surface area contributed by atoms with Gasteiger partial charge in [-0.15, -0.1) is 0 Å². The molecule has 0 spiro atoms. The zero-order chi connectivity index (χ0) is 29.0. The quantitative estimate of drug-likeness (QED) is 0.226. The van der Waals surface area contributed by atoms with Gasteiger partial charge in [-0.2, -0.15) is 0 Å². The summed E-state index contributed by atoms with van der Waals surface area (Å²) in [5.74, 6) is 0.253. The van der Waals surface area contributed by atoms with Crippen molar-refractivity contribution in [1.82, 2.24) is 4.98 Å². The largest absolute Gasteiger partial charge is 0.437 e. The molecular formula is C38H33N3O. The summed E-state index contributed by atoms with van der Waals surface area (Å²) in [7, 11) is 0. The third-order valence-electron chi connectivity index (χ3n) is 8.83. The molecule has 0 radical (unpaired) electrons. The Bertz CT molecular complexity index is 1980. The Kier molecular flexibility index (Phi) is 6.35. The molecule has 2 aliphatic heterocycles. The fourth-order valence-electron chi connectivity index (χ4n) is 6.88. The van der Waals surface area contributed by atoms with Gasteiger partial charge < -0.3 is 4.42 Å². The summed E-state index contributed by atoms with van der Waals surface area (Å²) in [6.45, 7) is 16.8. The van der Waals surface area contributed by atoms with E-state index in [2.05, 4.69) is 100 Å². The minimum atomic E-state index is 0.0548. The van der Waals surface area contributed by atoms with Crippen LogP contribution in [0, 0.1) is 13.8 Å². The Morgan fingerprint density at radius 2 is 1.60 bits per heavy atom. The smallest absolute Gasteiger partial charge is 0.227 e. The number of benzene rings is 3. The van der Waals surface area contributed by atoms with Crippen molar-refractivity contribution < 1.29 is 4.42 Å². The van der Waals surface area contributed by atoms with Gasteiger partial charge in [0.05, 0.1) is 23.2 Å². The van der Waals surface area contributed by atoms with Crippen LogP contribution >= 0.6 is 0 Å². The number of hydrogen-bond donors (Lipinski definition) is 0. The van der Waals surface area contributed by atoms with E-state index in [1.807, 2.05) is 12.2 Å². The van der Waals surface area contributed by atoms with Crippen LogP contribution in [0.15, 0.2) is 119 Å². The molecule has 2 aromatic heterocycles. The first-order chi connectivity index (χ1) is 20.5. The van der Waals surface area contributed by atoms with Gasteiger partial charge in [0.2, 0.25) is 5.71 Å². The first-order valence-corrected chi connectivity index (χ1v) is 14.6. The van der Waals surface area contributed by atoms with E-state index in [1.165, 1.54) is 27.8 Å². The number of fused-ring (bicyclic) bond motifs is 8. The number of allylic oxidation sites excluding steroid dienone is 2. The standard InChI is InChI=1S/C38H33N3O/c1-6-31-27-14-9-8-13-26(27)28-17-15-25-16-18-29-30-19-20-33(35-22(3)11-10-12-23(35)4)41-38(30)42-37(29)36(25)32(7-2)39-24(5)21-34(28)40-31/h6-14,16,18-20,28,34H,1-2,5,15,17,21H2,3-4H3. The summed E-state index contributed by atoms with van der Waals surface area (Å²) >= 11 is 0. The summed E-state index contributed by atoms with van der Waals surface area (Å²) in [5, 5.41) is 2.03. The molecule has 4 nitrogen and oxygen atoms in total. The molecule has 4 heterocycles. The highest BCUT2D eigenvalue weighted by Gasteiger charge is 2.32. The van der Waals surface area contributed by atoms with E-state index < -0.39 is 0 Å². The Balaban J connectivity index is 1.39. The highest BCUT2D eigenvalue weighted by molar-refractivity contribution is 6.20. The van der Waals surface area contributed by atoms with E-state index in [-0.39, 0.29) is 12.0 Å². The molecule has 0 saturated heterocycles. The Hall–Kier alpha value is -4.83. The number of aromatic nitrogens is 1. The van der Waals surface area contributed by atoms with Gasteiger partial charge in [-0.25, -0.2) is 4.98 Å². The summed E-state index contributed by atoms with van der Waals surface area (Å²) in [6.07, 6.45) is 6.15. The molecule has 0 saturated carbocycles. The lowest BCUT2D eigenvalue weighted by atomic mass is 9.78. The summed E-state index contributed by atoms with van der Waals surface area (Å²) < 4.78 is 6.62. The topological polar surface area (TPSA) is 50.8 Å². The number of pyridine rings is 1. The maximum Gasteiger partial charge on any atom is 0.227 e. The minimum Gasteiger partial charge on any atom is -0.437 e. The molecule has 4 heteroatoms. The number of nitrogens with zero attached hydrogens (tertiary/aromatic N) is 3. The van der Waals surface area contributed by atoms with E-state index in [0.717, 1.165) is 63.1 Å². The molecule has 206 valence electrons. The number of aryl methyl sites for hydroxylation is 3. The van der Waals surface area contributed by atoms with Gasteiger partial charge in [-0.3, -0.25) is 9.98 Å². The minimum absolute atomic E-state index is 0.0548. The van der Waals surface area contributed by atoms with Crippen LogP contribution in [0.25, 0.3) is 33.3 Å². The van der Waals surface area contributed by atoms with Gasteiger partial charge in [0.1, 0.15) is 5.58 Å². The molecule has 0 amide bonds. The van der Waals surface area contributed by atoms with Crippen LogP contribution in [0.2, 0.25) is 0 Å². The van der Waals surface area contributed by atoms with Crippen LogP contribution in [0.4, 0.5) is 0 Å². The lowest BCUT2D eigenvalue weighted by Gasteiger charge is -2.32. The fourth-order valence-corrected chi connectivity index (χ4v) is 6.88. The Morgan fingerprint density at radius 1 is 0.833 bits per heavy atom. The first kappa shape index (κ1) is 26.1. The molecule has 2 unspecified atom stereocenters. The Morgan fingerprint density at radius 3 is 2.38 bits per heavy atom. The fraction of sp³-hybridized carbons (Fsp3) is 0.184. The van der Waals surface area contributed by atoms with E-state index in [9.17, 15) is 0 Å². The summed E-state index contributed by atoms with van der Waals surface area (Å²) in [5.41, 5.74) is 13.0. The number of aliphatic imine (C=N–C) groups is 2. The van der Waals surface area contributed by atoms with Crippen LogP contribution < -0.4 is 0 Å². The van der Waals surface area contributed by atoms with Gasteiger partial charge in [-0.1, -0.05) is 74.3 Å². The molecule has 2 atom stereocenters.